The lowest BCUT2D eigenvalue weighted by Crippen LogP contribution is -2.08. The van der Waals surface area contributed by atoms with Gasteiger partial charge in [0.2, 0.25) is 0 Å². The van der Waals surface area contributed by atoms with E-state index in [4.69, 9.17) is 5.84 Å². The molecule has 0 aliphatic heterocycles. The molecule has 2 aromatic rings. The molecule has 0 fully saturated rings. The second-order valence-corrected chi connectivity index (χ2v) is 4.30. The van der Waals surface area contributed by atoms with Crippen molar-refractivity contribution in [2.75, 3.05) is 0 Å². The minimum Gasteiger partial charge on any atom is -0.159 e. The SMILES string of the molecule is N[N+](=O)c1ccc(Sc2cc[c]cc2)cc1. The van der Waals surface area contributed by atoms with Crippen molar-refractivity contribution in [2.24, 2.45) is 5.84 Å². The summed E-state index contributed by atoms with van der Waals surface area (Å²) in [6, 6.07) is 17.8. The smallest absolute Gasteiger partial charge is 0.159 e. The first-order chi connectivity index (χ1) is 7.75. The van der Waals surface area contributed by atoms with Crippen molar-refractivity contribution >= 4 is 17.4 Å². The molecular weight excluding hydrogens is 220 g/mol. The van der Waals surface area contributed by atoms with Gasteiger partial charge >= 0.3 is 0 Å². The molecule has 2 aromatic carbocycles. The summed E-state index contributed by atoms with van der Waals surface area (Å²) in [5.41, 5.74) is 0.450. The second-order valence-electron chi connectivity index (χ2n) is 3.16. The highest BCUT2D eigenvalue weighted by Crippen LogP contribution is 2.28. The van der Waals surface area contributed by atoms with E-state index in [1.165, 1.54) is 0 Å². The molecule has 16 heavy (non-hydrogen) atoms. The van der Waals surface area contributed by atoms with Crippen LogP contribution in [0.1, 0.15) is 0 Å². The van der Waals surface area contributed by atoms with E-state index >= 15 is 0 Å². The summed E-state index contributed by atoms with van der Waals surface area (Å²) in [6.07, 6.45) is 0. The molecule has 0 aromatic heterocycles. The number of hydrogen-bond acceptors (Lipinski definition) is 2. The van der Waals surface area contributed by atoms with Crippen molar-refractivity contribution in [1.29, 1.82) is 0 Å². The van der Waals surface area contributed by atoms with Gasteiger partial charge in [-0.25, -0.2) is 0 Å². The van der Waals surface area contributed by atoms with Gasteiger partial charge in [0.05, 0.1) is 4.91 Å². The number of nitrogens with zero attached hydrogens (tertiary/aromatic N) is 1. The van der Waals surface area contributed by atoms with Gasteiger partial charge in [-0.15, -0.1) is 0 Å². The van der Waals surface area contributed by atoms with Gasteiger partial charge in [0, 0.05) is 21.9 Å². The molecule has 2 rings (SSSR count). The van der Waals surface area contributed by atoms with Crippen molar-refractivity contribution < 1.29 is 4.87 Å². The minimum atomic E-state index is 0.353. The fraction of sp³-hybridized carbons (Fsp3) is 0. The summed E-state index contributed by atoms with van der Waals surface area (Å²) in [6.45, 7) is 0. The van der Waals surface area contributed by atoms with Crippen LogP contribution in [-0.4, -0.2) is 4.87 Å². The molecule has 0 amide bonds. The van der Waals surface area contributed by atoms with Crippen LogP contribution in [0, 0.1) is 11.0 Å². The van der Waals surface area contributed by atoms with Crippen LogP contribution in [-0.2, 0) is 0 Å². The van der Waals surface area contributed by atoms with Gasteiger partial charge in [-0.3, -0.25) is 0 Å². The van der Waals surface area contributed by atoms with E-state index in [-0.39, 0.29) is 0 Å². The van der Waals surface area contributed by atoms with Crippen molar-refractivity contribution in [2.45, 2.75) is 9.79 Å². The molecule has 0 heterocycles. The number of hydrogen-bond donors (Lipinski definition) is 1. The Bertz CT molecular complexity index is 482. The number of rotatable bonds is 3. The normalized spacial score (nSPS) is 10.0. The molecule has 0 saturated heterocycles. The first-order valence-corrected chi connectivity index (χ1v) is 5.53. The number of nitrogens with two attached hydrogens (primary N) is 1. The highest BCUT2D eigenvalue weighted by Gasteiger charge is 2.07. The van der Waals surface area contributed by atoms with E-state index < -0.39 is 0 Å². The van der Waals surface area contributed by atoms with Gasteiger partial charge < -0.3 is 0 Å². The topological polar surface area (TPSA) is 46.1 Å². The minimum absolute atomic E-state index is 0.353. The van der Waals surface area contributed by atoms with Crippen LogP contribution >= 0.6 is 11.8 Å². The van der Waals surface area contributed by atoms with Crippen LogP contribution in [0.5, 0.6) is 0 Å². The van der Waals surface area contributed by atoms with Gasteiger partial charge in [0.1, 0.15) is 0 Å². The van der Waals surface area contributed by atoms with Crippen molar-refractivity contribution in [3.63, 3.8) is 0 Å². The van der Waals surface area contributed by atoms with Crippen molar-refractivity contribution in [1.82, 2.24) is 0 Å². The lowest BCUT2D eigenvalue weighted by Gasteiger charge is -1.99. The lowest BCUT2D eigenvalue weighted by atomic mass is 10.3. The molecule has 2 N–H and O–H groups in total. The molecule has 0 spiro atoms. The van der Waals surface area contributed by atoms with Crippen LogP contribution < -0.4 is 5.84 Å². The Hall–Kier alpha value is -1.81. The zero-order valence-electron chi connectivity index (χ0n) is 8.46. The maximum atomic E-state index is 10.8. The van der Waals surface area contributed by atoms with Crippen LogP contribution in [0.3, 0.4) is 0 Å². The van der Waals surface area contributed by atoms with Crippen LogP contribution in [0.15, 0.2) is 58.3 Å². The van der Waals surface area contributed by atoms with Crippen molar-refractivity contribution in [3.05, 3.63) is 59.5 Å². The Morgan fingerprint density at radius 1 is 1.00 bits per heavy atom. The molecule has 0 aliphatic carbocycles. The van der Waals surface area contributed by atoms with Crippen LogP contribution in [0.4, 0.5) is 5.69 Å². The summed E-state index contributed by atoms with van der Waals surface area (Å²) < 4.78 is 0. The molecule has 0 unspecified atom stereocenters. The van der Waals surface area contributed by atoms with Gasteiger partial charge in [0.15, 0.2) is 4.87 Å². The zero-order valence-corrected chi connectivity index (χ0v) is 9.28. The number of hydrazine groups is 1. The van der Waals surface area contributed by atoms with Crippen molar-refractivity contribution in [3.8, 4) is 0 Å². The predicted octanol–water partition coefficient (Wildman–Crippen LogP) is 2.92. The Morgan fingerprint density at radius 2 is 1.56 bits per heavy atom. The average molecular weight is 230 g/mol. The van der Waals surface area contributed by atoms with Crippen LogP contribution in [0.2, 0.25) is 0 Å². The van der Waals surface area contributed by atoms with E-state index in [9.17, 15) is 4.91 Å². The van der Waals surface area contributed by atoms with E-state index in [1.54, 1.807) is 23.9 Å². The number of benzene rings is 2. The Labute approximate surface area is 97.8 Å². The zero-order chi connectivity index (χ0) is 11.4. The van der Waals surface area contributed by atoms with Gasteiger partial charge in [-0.2, -0.15) is 5.84 Å². The first kappa shape index (κ1) is 10.7. The maximum Gasteiger partial charge on any atom is 0.291 e. The lowest BCUT2D eigenvalue weighted by molar-refractivity contribution is -0.474. The average Bonchev–Trinajstić information content (AvgIpc) is 2.31. The second kappa shape index (κ2) is 4.81. The molecule has 0 aliphatic rings. The number of nitroso groups, excluding NO2 is 1. The first-order valence-electron chi connectivity index (χ1n) is 4.72. The fourth-order valence-corrected chi connectivity index (χ4v) is 2.05. The molecule has 79 valence electrons. The fourth-order valence-electron chi connectivity index (χ4n) is 1.24. The molecule has 0 saturated carbocycles. The third-order valence-corrected chi connectivity index (χ3v) is 3.03. The Morgan fingerprint density at radius 3 is 2.12 bits per heavy atom. The monoisotopic (exact) mass is 230 g/mol. The summed E-state index contributed by atoms with van der Waals surface area (Å²) in [5.74, 6) is 5.08. The summed E-state index contributed by atoms with van der Waals surface area (Å²) in [5, 5.41) is 0. The highest BCUT2D eigenvalue weighted by atomic mass is 32.2. The van der Waals surface area contributed by atoms with E-state index in [2.05, 4.69) is 6.07 Å². The van der Waals surface area contributed by atoms with Gasteiger partial charge in [-0.1, -0.05) is 23.9 Å². The third kappa shape index (κ3) is 2.61. The summed E-state index contributed by atoms with van der Waals surface area (Å²) >= 11 is 1.63. The highest BCUT2D eigenvalue weighted by molar-refractivity contribution is 7.99. The van der Waals surface area contributed by atoms with Crippen LogP contribution in [0.25, 0.3) is 0 Å². The molecular formula is C12H10N2OS+. The van der Waals surface area contributed by atoms with Gasteiger partial charge in [0.25, 0.3) is 5.69 Å². The van der Waals surface area contributed by atoms with E-state index in [0.717, 1.165) is 9.79 Å². The Balaban J connectivity index is 2.14. The summed E-state index contributed by atoms with van der Waals surface area (Å²) in [7, 11) is 0. The summed E-state index contributed by atoms with van der Waals surface area (Å²) in [4.78, 5) is 13.4. The van der Waals surface area contributed by atoms with Gasteiger partial charge in [-0.05, 0) is 30.3 Å². The maximum absolute atomic E-state index is 10.8. The molecule has 0 atom stereocenters. The quantitative estimate of drug-likeness (QED) is 0.501. The third-order valence-electron chi connectivity index (χ3n) is 2.01. The standard InChI is InChI=1S/C12H10N2OS/c13-14(15)10-6-8-12(9-7-10)16-11-4-2-1-3-5-11/h2-9H,(H2,13,15)/q+1. The van der Waals surface area contributed by atoms with E-state index in [0.29, 0.717) is 10.6 Å². The molecule has 1 radical (unpaired) electrons. The Kier molecular flexibility index (Phi) is 3.22. The largest absolute Gasteiger partial charge is 0.291 e. The van der Waals surface area contributed by atoms with E-state index in [1.807, 2.05) is 36.4 Å². The molecule has 4 heteroatoms. The molecule has 0 bridgehead atoms. The predicted molar refractivity (Wildman–Crippen MR) is 63.3 cm³/mol. The molecule has 3 nitrogen and oxygen atoms in total.